The molecule has 1 unspecified atom stereocenters. The molecule has 0 aliphatic heterocycles. The van der Waals surface area contributed by atoms with Crippen LogP contribution in [0.1, 0.15) is 19.3 Å². The first-order valence-corrected chi connectivity index (χ1v) is 4.77. The van der Waals surface area contributed by atoms with Gasteiger partial charge < -0.3 is 16.2 Å². The Morgan fingerprint density at radius 2 is 1.88 bits per heavy atom. The zero-order valence-corrected chi connectivity index (χ0v) is 8.73. The van der Waals surface area contributed by atoms with Gasteiger partial charge in [-0.15, -0.1) is 0 Å². The van der Waals surface area contributed by atoms with Crippen LogP contribution in [0.5, 0.6) is 0 Å². The van der Waals surface area contributed by atoms with Crippen molar-refractivity contribution in [2.75, 3.05) is 6.54 Å². The van der Waals surface area contributed by atoms with Crippen molar-refractivity contribution in [1.82, 2.24) is 10.7 Å². The van der Waals surface area contributed by atoms with Crippen molar-refractivity contribution in [3.63, 3.8) is 0 Å². The maximum Gasteiger partial charge on any atom is 0.394 e. The van der Waals surface area contributed by atoms with Crippen LogP contribution in [0, 0.1) is 0 Å². The highest BCUT2D eigenvalue weighted by Crippen LogP contribution is 2.00. The number of aliphatic carboxylic acids is 1. The summed E-state index contributed by atoms with van der Waals surface area (Å²) in [6, 6.07) is -0.944. The normalized spacial score (nSPS) is 11.6. The highest BCUT2D eigenvalue weighted by molar-refractivity contribution is 6.32. The Hall–Kier alpha value is -1.67. The van der Waals surface area contributed by atoms with Gasteiger partial charge in [-0.25, -0.2) is 10.6 Å². The Labute approximate surface area is 92.3 Å². The van der Waals surface area contributed by atoms with Gasteiger partial charge in [-0.05, 0) is 25.8 Å². The first-order chi connectivity index (χ1) is 7.52. The fourth-order valence-corrected chi connectivity index (χ4v) is 1.08. The largest absolute Gasteiger partial charge is 0.474 e. The Bertz CT molecular complexity index is 269. The zero-order valence-electron chi connectivity index (χ0n) is 8.73. The third-order valence-electron chi connectivity index (χ3n) is 1.91. The summed E-state index contributed by atoms with van der Waals surface area (Å²) in [6.07, 6.45) is 1.56. The fraction of sp³-hybridized carbons (Fsp3) is 0.625. The minimum Gasteiger partial charge on any atom is -0.474 e. The smallest absolute Gasteiger partial charge is 0.394 e. The summed E-state index contributed by atoms with van der Waals surface area (Å²) in [4.78, 5) is 32.3. The van der Waals surface area contributed by atoms with Gasteiger partial charge >= 0.3 is 11.9 Å². The standard InChI is InChI=1S/C8H16N4O4/c9-4-2-1-3-5(6(13)12-10)11-7(14)8(15)16/h5H,1-4,9-10H2,(H,11,14)(H,12,13)(H,15,16). The molecule has 92 valence electrons. The molecule has 0 heterocycles. The second kappa shape index (κ2) is 7.60. The van der Waals surface area contributed by atoms with Crippen molar-refractivity contribution in [3.8, 4) is 0 Å². The lowest BCUT2D eigenvalue weighted by atomic mass is 10.1. The number of rotatable bonds is 6. The van der Waals surface area contributed by atoms with Crippen LogP contribution in [-0.2, 0) is 14.4 Å². The summed E-state index contributed by atoms with van der Waals surface area (Å²) >= 11 is 0. The van der Waals surface area contributed by atoms with Crippen molar-refractivity contribution in [3.05, 3.63) is 0 Å². The lowest BCUT2D eigenvalue weighted by Gasteiger charge is -2.15. The third-order valence-corrected chi connectivity index (χ3v) is 1.91. The summed E-state index contributed by atoms with van der Waals surface area (Å²) in [7, 11) is 0. The number of hydrogen-bond donors (Lipinski definition) is 5. The number of nitrogens with two attached hydrogens (primary N) is 2. The summed E-state index contributed by atoms with van der Waals surface area (Å²) in [5, 5.41) is 10.4. The molecule has 0 aromatic rings. The van der Waals surface area contributed by atoms with Gasteiger partial charge in [0.25, 0.3) is 5.91 Å². The van der Waals surface area contributed by atoms with E-state index in [9.17, 15) is 14.4 Å². The average molecular weight is 232 g/mol. The number of carbonyl (C=O) groups is 3. The van der Waals surface area contributed by atoms with Crippen molar-refractivity contribution >= 4 is 17.8 Å². The van der Waals surface area contributed by atoms with Gasteiger partial charge in [-0.3, -0.25) is 15.0 Å². The minimum atomic E-state index is -1.64. The molecule has 0 rings (SSSR count). The molecule has 2 amide bonds. The van der Waals surface area contributed by atoms with Crippen LogP contribution < -0.4 is 22.3 Å². The van der Waals surface area contributed by atoms with Crippen LogP contribution in [0.15, 0.2) is 0 Å². The predicted molar refractivity (Wildman–Crippen MR) is 54.8 cm³/mol. The summed E-state index contributed by atoms with van der Waals surface area (Å²) < 4.78 is 0. The Morgan fingerprint density at radius 1 is 1.25 bits per heavy atom. The zero-order chi connectivity index (χ0) is 12.6. The van der Waals surface area contributed by atoms with Gasteiger partial charge in [-0.1, -0.05) is 0 Å². The molecule has 8 heteroatoms. The summed E-state index contributed by atoms with van der Waals surface area (Å²) in [5.41, 5.74) is 7.12. The molecule has 0 saturated carbocycles. The van der Waals surface area contributed by atoms with Crippen LogP contribution in [0.2, 0.25) is 0 Å². The predicted octanol–water partition coefficient (Wildman–Crippen LogP) is -2.33. The Morgan fingerprint density at radius 3 is 2.31 bits per heavy atom. The maximum atomic E-state index is 11.2. The lowest BCUT2D eigenvalue weighted by Crippen LogP contribution is -2.50. The second-order valence-corrected chi connectivity index (χ2v) is 3.12. The van der Waals surface area contributed by atoms with E-state index in [4.69, 9.17) is 16.7 Å². The minimum absolute atomic E-state index is 0.291. The monoisotopic (exact) mass is 232 g/mol. The number of carboxylic acids is 1. The van der Waals surface area contributed by atoms with Gasteiger partial charge in [0.1, 0.15) is 6.04 Å². The van der Waals surface area contributed by atoms with E-state index in [-0.39, 0.29) is 0 Å². The number of hydrogen-bond acceptors (Lipinski definition) is 5. The van der Waals surface area contributed by atoms with Crippen LogP contribution in [0.4, 0.5) is 0 Å². The van der Waals surface area contributed by atoms with E-state index in [1.54, 1.807) is 0 Å². The Balaban J connectivity index is 4.26. The van der Waals surface area contributed by atoms with Crippen LogP contribution in [0.3, 0.4) is 0 Å². The van der Waals surface area contributed by atoms with Gasteiger partial charge in [0.15, 0.2) is 0 Å². The summed E-state index contributed by atoms with van der Waals surface area (Å²) in [5.74, 6) is 1.39. The van der Waals surface area contributed by atoms with E-state index in [1.807, 2.05) is 5.43 Å². The first-order valence-electron chi connectivity index (χ1n) is 4.77. The molecule has 7 N–H and O–H groups in total. The van der Waals surface area contributed by atoms with Crippen LogP contribution in [-0.4, -0.2) is 35.5 Å². The van der Waals surface area contributed by atoms with Gasteiger partial charge in [-0.2, -0.15) is 0 Å². The quantitative estimate of drug-likeness (QED) is 0.114. The summed E-state index contributed by atoms with van der Waals surface area (Å²) in [6.45, 7) is 0.462. The highest BCUT2D eigenvalue weighted by atomic mass is 16.4. The van der Waals surface area contributed by atoms with E-state index in [1.165, 1.54) is 0 Å². The molecular formula is C8H16N4O4. The second-order valence-electron chi connectivity index (χ2n) is 3.12. The molecule has 0 aliphatic rings. The SMILES string of the molecule is NCCCCC(NC(=O)C(=O)O)C(=O)NN. The molecule has 0 aromatic heterocycles. The molecule has 0 bridgehead atoms. The van der Waals surface area contributed by atoms with E-state index in [0.717, 1.165) is 0 Å². The number of amides is 2. The lowest BCUT2D eigenvalue weighted by molar-refractivity contribution is -0.151. The molecule has 8 nitrogen and oxygen atoms in total. The molecule has 1 atom stereocenters. The molecule has 0 aromatic carbocycles. The van der Waals surface area contributed by atoms with Gasteiger partial charge in [0.05, 0.1) is 0 Å². The number of carbonyl (C=O) groups excluding carboxylic acids is 2. The molecule has 16 heavy (non-hydrogen) atoms. The molecule has 0 aliphatic carbocycles. The number of carboxylic acid groups (broad SMARTS) is 1. The van der Waals surface area contributed by atoms with Crippen LogP contribution in [0.25, 0.3) is 0 Å². The Kier molecular flexibility index (Phi) is 6.81. The molecular weight excluding hydrogens is 216 g/mol. The molecule has 0 fully saturated rings. The first kappa shape index (κ1) is 14.3. The molecule has 0 radical (unpaired) electrons. The van der Waals surface area contributed by atoms with Gasteiger partial charge in [0.2, 0.25) is 0 Å². The number of unbranched alkanes of at least 4 members (excludes halogenated alkanes) is 1. The number of nitrogens with one attached hydrogen (secondary N) is 2. The highest BCUT2D eigenvalue weighted by Gasteiger charge is 2.22. The van der Waals surface area contributed by atoms with Crippen molar-refractivity contribution in [2.24, 2.45) is 11.6 Å². The van der Waals surface area contributed by atoms with Crippen LogP contribution >= 0.6 is 0 Å². The van der Waals surface area contributed by atoms with Gasteiger partial charge in [0, 0.05) is 0 Å². The molecule has 0 spiro atoms. The average Bonchev–Trinajstić information content (AvgIpc) is 2.26. The van der Waals surface area contributed by atoms with E-state index >= 15 is 0 Å². The third kappa shape index (κ3) is 5.27. The molecule has 0 saturated heterocycles. The van der Waals surface area contributed by atoms with Crippen molar-refractivity contribution in [1.29, 1.82) is 0 Å². The van der Waals surface area contributed by atoms with E-state index < -0.39 is 23.8 Å². The van der Waals surface area contributed by atoms with Crippen molar-refractivity contribution in [2.45, 2.75) is 25.3 Å². The fourth-order valence-electron chi connectivity index (χ4n) is 1.08. The van der Waals surface area contributed by atoms with Crippen molar-refractivity contribution < 1.29 is 19.5 Å². The van der Waals surface area contributed by atoms with E-state index in [2.05, 4.69) is 5.32 Å². The van der Waals surface area contributed by atoms with E-state index in [0.29, 0.717) is 25.8 Å². The maximum absolute atomic E-state index is 11.2. The number of hydrazine groups is 1. The topological polar surface area (TPSA) is 148 Å².